The fourth-order valence-electron chi connectivity index (χ4n) is 4.47. The van der Waals surface area contributed by atoms with Gasteiger partial charge in [0, 0.05) is 13.0 Å². The molecule has 2 fully saturated rings. The Morgan fingerprint density at radius 3 is 2.96 bits per heavy atom. The van der Waals surface area contributed by atoms with Crippen LogP contribution in [0.2, 0.25) is 0 Å². The molecule has 1 atom stereocenters. The molecular weight excluding hydrogens is 314 g/mol. The van der Waals surface area contributed by atoms with Gasteiger partial charge >= 0.3 is 0 Å². The van der Waals surface area contributed by atoms with Crippen molar-refractivity contribution in [2.45, 2.75) is 70.1 Å². The van der Waals surface area contributed by atoms with Gasteiger partial charge < -0.3 is 14.6 Å². The summed E-state index contributed by atoms with van der Waals surface area (Å²) < 4.78 is 8.22. The Kier molecular flexibility index (Phi) is 4.50. The predicted molar refractivity (Wildman–Crippen MR) is 97.4 cm³/mol. The van der Waals surface area contributed by atoms with Crippen molar-refractivity contribution in [1.29, 1.82) is 0 Å². The van der Waals surface area contributed by atoms with E-state index in [0.29, 0.717) is 19.6 Å². The molecule has 1 aliphatic carbocycles. The van der Waals surface area contributed by atoms with E-state index in [0.717, 1.165) is 36.1 Å². The molecule has 4 rings (SSSR count). The summed E-state index contributed by atoms with van der Waals surface area (Å²) in [4.78, 5) is 17.0. The maximum atomic E-state index is 12.4. The summed E-state index contributed by atoms with van der Waals surface area (Å²) >= 11 is 0. The van der Waals surface area contributed by atoms with Crippen LogP contribution in [0.25, 0.3) is 11.0 Å². The zero-order chi connectivity index (χ0) is 17.3. The van der Waals surface area contributed by atoms with Gasteiger partial charge in [-0.25, -0.2) is 4.98 Å². The number of nitrogens with zero attached hydrogens (tertiary/aromatic N) is 2. The maximum absolute atomic E-state index is 12.4. The van der Waals surface area contributed by atoms with Gasteiger partial charge in [0.25, 0.3) is 0 Å². The largest absolute Gasteiger partial charge is 0.373 e. The van der Waals surface area contributed by atoms with E-state index in [-0.39, 0.29) is 17.6 Å². The van der Waals surface area contributed by atoms with Crippen LogP contribution < -0.4 is 5.32 Å². The lowest BCUT2D eigenvalue weighted by Crippen LogP contribution is -2.37. The number of aryl methyl sites for hydroxylation is 2. The van der Waals surface area contributed by atoms with Gasteiger partial charge in [-0.3, -0.25) is 4.79 Å². The van der Waals surface area contributed by atoms with Crippen molar-refractivity contribution in [3.63, 3.8) is 0 Å². The highest BCUT2D eigenvalue weighted by Gasteiger charge is 2.41. The fourth-order valence-corrected chi connectivity index (χ4v) is 4.47. The van der Waals surface area contributed by atoms with Gasteiger partial charge in [0.1, 0.15) is 5.82 Å². The molecule has 1 saturated heterocycles. The molecule has 25 heavy (non-hydrogen) atoms. The third kappa shape index (κ3) is 3.43. The van der Waals surface area contributed by atoms with E-state index in [1.54, 1.807) is 0 Å². The number of amides is 1. The van der Waals surface area contributed by atoms with Crippen LogP contribution in [0.4, 0.5) is 0 Å². The summed E-state index contributed by atoms with van der Waals surface area (Å²) in [6.45, 7) is 3.32. The molecule has 5 nitrogen and oxygen atoms in total. The highest BCUT2D eigenvalue weighted by atomic mass is 16.5. The number of nitrogens with one attached hydrogen (secondary N) is 1. The summed E-state index contributed by atoms with van der Waals surface area (Å²) in [6.07, 6.45) is 7.59. The third-order valence-corrected chi connectivity index (χ3v) is 5.75. The first-order chi connectivity index (χ1) is 12.2. The minimum atomic E-state index is 0.0489. The summed E-state index contributed by atoms with van der Waals surface area (Å²) in [7, 11) is 0. The molecule has 134 valence electrons. The van der Waals surface area contributed by atoms with Gasteiger partial charge in [-0.2, -0.15) is 0 Å². The molecular formula is C20H27N3O2. The lowest BCUT2D eigenvalue weighted by Gasteiger charge is -2.32. The SMILES string of the molecule is Cc1nc2ccccc2n1CCC(=O)NC1COC2(CCCCC2)C1. The van der Waals surface area contributed by atoms with E-state index in [9.17, 15) is 4.79 Å². The first-order valence-corrected chi connectivity index (χ1v) is 9.50. The highest BCUT2D eigenvalue weighted by molar-refractivity contribution is 5.78. The average molecular weight is 341 g/mol. The van der Waals surface area contributed by atoms with Crippen molar-refractivity contribution in [3.05, 3.63) is 30.1 Å². The van der Waals surface area contributed by atoms with Gasteiger partial charge in [-0.05, 0) is 38.3 Å². The van der Waals surface area contributed by atoms with Crippen molar-refractivity contribution in [1.82, 2.24) is 14.9 Å². The number of imidazole rings is 1. The summed E-state index contributed by atoms with van der Waals surface area (Å²) in [5, 5.41) is 3.18. The minimum absolute atomic E-state index is 0.0489. The number of carbonyl (C=O) groups is 1. The quantitative estimate of drug-likeness (QED) is 0.928. The lowest BCUT2D eigenvalue weighted by atomic mass is 9.82. The number of aromatic nitrogens is 2. The molecule has 1 unspecified atom stereocenters. The van der Waals surface area contributed by atoms with Crippen molar-refractivity contribution < 1.29 is 9.53 Å². The Bertz CT molecular complexity index is 761. The smallest absolute Gasteiger partial charge is 0.222 e. The number of fused-ring (bicyclic) bond motifs is 1. The molecule has 0 radical (unpaired) electrons. The van der Waals surface area contributed by atoms with E-state index < -0.39 is 0 Å². The summed E-state index contributed by atoms with van der Waals surface area (Å²) in [6, 6.07) is 8.25. The van der Waals surface area contributed by atoms with Crippen LogP contribution in [0.5, 0.6) is 0 Å². The van der Waals surface area contributed by atoms with Gasteiger partial charge in [-0.15, -0.1) is 0 Å². The number of para-hydroxylation sites is 2. The molecule has 1 aromatic carbocycles. The van der Waals surface area contributed by atoms with Crippen molar-refractivity contribution in [2.75, 3.05) is 6.61 Å². The molecule has 0 bridgehead atoms. The first-order valence-electron chi connectivity index (χ1n) is 9.50. The summed E-state index contributed by atoms with van der Waals surface area (Å²) in [5.74, 6) is 1.07. The van der Waals surface area contributed by atoms with Gasteiger partial charge in [0.05, 0.1) is 29.3 Å². The van der Waals surface area contributed by atoms with E-state index in [4.69, 9.17) is 4.74 Å². The molecule has 1 aromatic heterocycles. The van der Waals surface area contributed by atoms with Gasteiger partial charge in [0.15, 0.2) is 0 Å². The topological polar surface area (TPSA) is 56.2 Å². The van der Waals surface area contributed by atoms with Crippen LogP contribution in [0.15, 0.2) is 24.3 Å². The van der Waals surface area contributed by atoms with Crippen LogP contribution >= 0.6 is 0 Å². The third-order valence-electron chi connectivity index (χ3n) is 5.75. The van der Waals surface area contributed by atoms with Crippen molar-refractivity contribution in [2.24, 2.45) is 0 Å². The molecule has 1 amide bonds. The van der Waals surface area contributed by atoms with Crippen molar-refractivity contribution >= 4 is 16.9 Å². The van der Waals surface area contributed by atoms with E-state index in [1.165, 1.54) is 19.3 Å². The second kappa shape index (κ2) is 6.79. The zero-order valence-electron chi connectivity index (χ0n) is 15.0. The maximum Gasteiger partial charge on any atom is 0.222 e. The second-order valence-electron chi connectivity index (χ2n) is 7.57. The Morgan fingerprint density at radius 1 is 1.32 bits per heavy atom. The van der Waals surface area contributed by atoms with Crippen LogP contribution in [0, 0.1) is 6.92 Å². The lowest BCUT2D eigenvalue weighted by molar-refractivity contribution is -0.122. The second-order valence-corrected chi connectivity index (χ2v) is 7.57. The molecule has 1 N–H and O–H groups in total. The fraction of sp³-hybridized carbons (Fsp3) is 0.600. The van der Waals surface area contributed by atoms with Crippen molar-refractivity contribution in [3.8, 4) is 0 Å². The van der Waals surface area contributed by atoms with Gasteiger partial charge in [0.2, 0.25) is 5.91 Å². The summed E-state index contributed by atoms with van der Waals surface area (Å²) in [5.41, 5.74) is 2.13. The molecule has 2 aromatic rings. The number of rotatable bonds is 4. The normalized spacial score (nSPS) is 22.5. The highest BCUT2D eigenvalue weighted by Crippen LogP contribution is 2.39. The van der Waals surface area contributed by atoms with E-state index in [2.05, 4.69) is 20.9 Å². The van der Waals surface area contributed by atoms with Crippen LogP contribution in [0.3, 0.4) is 0 Å². The monoisotopic (exact) mass is 341 g/mol. The zero-order valence-corrected chi connectivity index (χ0v) is 15.0. The first kappa shape index (κ1) is 16.6. The molecule has 2 aliphatic rings. The number of carbonyl (C=O) groups excluding carboxylic acids is 1. The van der Waals surface area contributed by atoms with Crippen LogP contribution in [-0.4, -0.2) is 33.7 Å². The van der Waals surface area contributed by atoms with Crippen LogP contribution in [0.1, 0.15) is 50.8 Å². The molecule has 1 spiro atoms. The Labute approximate surface area is 148 Å². The molecule has 1 saturated carbocycles. The number of hydrogen-bond acceptors (Lipinski definition) is 3. The predicted octanol–water partition coefficient (Wildman–Crippen LogP) is 3.34. The molecule has 1 aliphatic heterocycles. The number of benzene rings is 1. The molecule has 5 heteroatoms. The van der Waals surface area contributed by atoms with E-state index in [1.807, 2.05) is 25.1 Å². The standard InChI is InChI=1S/C20H27N3O2/c1-15-21-17-7-3-4-8-18(17)23(15)12-9-19(24)22-16-13-20(25-14-16)10-5-2-6-11-20/h3-4,7-8,16H,2,5-6,9-14H2,1H3,(H,22,24). The average Bonchev–Trinajstić information content (AvgIpc) is 3.14. The van der Waals surface area contributed by atoms with Crippen LogP contribution in [-0.2, 0) is 16.1 Å². The Hall–Kier alpha value is -1.88. The van der Waals surface area contributed by atoms with E-state index >= 15 is 0 Å². The van der Waals surface area contributed by atoms with Gasteiger partial charge in [-0.1, -0.05) is 31.4 Å². The number of ether oxygens (including phenoxy) is 1. The molecule has 2 heterocycles. The Morgan fingerprint density at radius 2 is 2.12 bits per heavy atom. The minimum Gasteiger partial charge on any atom is -0.373 e. The Balaban J connectivity index is 1.33. The number of hydrogen-bond donors (Lipinski definition) is 1.